The molecule has 2 aliphatic rings. The second-order valence-corrected chi connectivity index (χ2v) is 9.20. The number of thioether (sulfide) groups is 2. The standard InChI is InChI=1S/C19H26N2S3/c1-3-15-7-9-16(10-8-15)20-17-21(18(22)23-2)13-19(14-24-17)11-5-4-6-12-19/h7-10H,3-6,11-14H2,1-2H3. The average Bonchev–Trinajstić information content (AvgIpc) is 2.64. The molecule has 0 N–H and O–H groups in total. The third-order valence-corrected chi connectivity index (χ3v) is 7.73. The number of aliphatic imine (C=N–C) groups is 1. The lowest BCUT2D eigenvalue weighted by Gasteiger charge is -2.45. The molecule has 1 spiro atoms. The highest BCUT2D eigenvalue weighted by molar-refractivity contribution is 8.23. The number of aryl methyl sites for hydroxylation is 1. The Balaban J connectivity index is 1.82. The maximum atomic E-state index is 5.66. The molecule has 2 fully saturated rings. The van der Waals surface area contributed by atoms with E-state index in [1.165, 1.54) is 43.4 Å². The molecule has 3 rings (SSSR count). The summed E-state index contributed by atoms with van der Waals surface area (Å²) in [7, 11) is 0. The summed E-state index contributed by atoms with van der Waals surface area (Å²) in [5, 5.41) is 1.08. The summed E-state index contributed by atoms with van der Waals surface area (Å²) in [4.78, 5) is 7.23. The third kappa shape index (κ3) is 4.17. The SMILES string of the molecule is CCc1ccc(N=C2SCC3(CCCCC3)CN2C(=S)SC)cc1. The van der Waals surface area contributed by atoms with Crippen molar-refractivity contribution in [1.82, 2.24) is 4.90 Å². The van der Waals surface area contributed by atoms with E-state index in [-0.39, 0.29) is 0 Å². The maximum absolute atomic E-state index is 5.66. The molecule has 0 unspecified atom stereocenters. The molecule has 1 saturated heterocycles. The smallest absolute Gasteiger partial charge is 0.169 e. The molecule has 1 heterocycles. The summed E-state index contributed by atoms with van der Waals surface area (Å²) in [6.07, 6.45) is 9.94. The van der Waals surface area contributed by atoms with Gasteiger partial charge in [0.15, 0.2) is 5.17 Å². The van der Waals surface area contributed by atoms with Gasteiger partial charge in [0.25, 0.3) is 0 Å². The molecule has 1 aliphatic heterocycles. The van der Waals surface area contributed by atoms with E-state index in [4.69, 9.17) is 17.2 Å². The second-order valence-electron chi connectivity index (χ2n) is 6.82. The predicted molar refractivity (Wildman–Crippen MR) is 114 cm³/mol. The predicted octanol–water partition coefficient (Wildman–Crippen LogP) is 5.88. The highest BCUT2D eigenvalue weighted by Crippen LogP contribution is 2.44. The lowest BCUT2D eigenvalue weighted by molar-refractivity contribution is 0.194. The fourth-order valence-corrected chi connectivity index (χ4v) is 5.55. The molecule has 0 amide bonds. The zero-order chi connectivity index (χ0) is 17.0. The van der Waals surface area contributed by atoms with E-state index < -0.39 is 0 Å². The maximum Gasteiger partial charge on any atom is 0.169 e. The second kappa shape index (κ2) is 8.24. The molecule has 0 radical (unpaired) electrons. The number of benzene rings is 1. The molecule has 0 atom stereocenters. The molecule has 0 bridgehead atoms. The highest BCUT2D eigenvalue weighted by atomic mass is 32.2. The van der Waals surface area contributed by atoms with Gasteiger partial charge in [-0.2, -0.15) is 0 Å². The van der Waals surface area contributed by atoms with Crippen LogP contribution in [0.2, 0.25) is 0 Å². The third-order valence-electron chi connectivity index (χ3n) is 5.11. The molecular weight excluding hydrogens is 352 g/mol. The summed E-state index contributed by atoms with van der Waals surface area (Å²) < 4.78 is 0.955. The van der Waals surface area contributed by atoms with E-state index in [2.05, 4.69) is 42.3 Å². The Kier molecular flexibility index (Phi) is 6.27. The zero-order valence-electron chi connectivity index (χ0n) is 14.6. The van der Waals surface area contributed by atoms with Gasteiger partial charge in [-0.15, -0.1) is 0 Å². The van der Waals surface area contributed by atoms with E-state index in [9.17, 15) is 0 Å². The Hall–Kier alpha value is -0.520. The Labute approximate surface area is 159 Å². The summed E-state index contributed by atoms with van der Waals surface area (Å²) in [6.45, 7) is 3.23. The van der Waals surface area contributed by atoms with Gasteiger partial charge in [-0.05, 0) is 48.6 Å². The van der Waals surface area contributed by atoms with Crippen LogP contribution in [0.1, 0.15) is 44.6 Å². The number of amidine groups is 1. The molecule has 1 aromatic carbocycles. The van der Waals surface area contributed by atoms with Gasteiger partial charge in [-0.1, -0.05) is 74.1 Å². The molecule has 5 heteroatoms. The van der Waals surface area contributed by atoms with Gasteiger partial charge in [-0.25, -0.2) is 4.99 Å². The van der Waals surface area contributed by atoms with Crippen molar-refractivity contribution in [3.63, 3.8) is 0 Å². The molecule has 0 aromatic heterocycles. The van der Waals surface area contributed by atoms with Gasteiger partial charge in [-0.3, -0.25) is 0 Å². The fourth-order valence-electron chi connectivity index (χ4n) is 3.61. The molecule has 1 aliphatic carbocycles. The number of hydrogen-bond donors (Lipinski definition) is 0. The molecular formula is C19H26N2S3. The fraction of sp³-hybridized carbons (Fsp3) is 0.579. The zero-order valence-corrected chi connectivity index (χ0v) is 17.0. The van der Waals surface area contributed by atoms with Gasteiger partial charge >= 0.3 is 0 Å². The summed E-state index contributed by atoms with van der Waals surface area (Å²) >= 11 is 9.22. The lowest BCUT2D eigenvalue weighted by atomic mass is 9.75. The van der Waals surface area contributed by atoms with E-state index >= 15 is 0 Å². The Morgan fingerprint density at radius 2 is 1.96 bits per heavy atom. The number of hydrogen-bond acceptors (Lipinski definition) is 4. The quantitative estimate of drug-likeness (QED) is 0.596. The molecule has 1 saturated carbocycles. The van der Waals surface area contributed by atoms with Crippen molar-refractivity contribution in [3.05, 3.63) is 29.8 Å². The Morgan fingerprint density at radius 3 is 2.58 bits per heavy atom. The topological polar surface area (TPSA) is 15.6 Å². The Bertz CT molecular complexity index is 604. The normalized spacial score (nSPS) is 22.1. The van der Waals surface area contributed by atoms with Crippen LogP contribution in [-0.2, 0) is 6.42 Å². The summed E-state index contributed by atoms with van der Waals surface area (Å²) in [5.41, 5.74) is 2.82. The first-order valence-corrected chi connectivity index (χ1v) is 11.4. The van der Waals surface area contributed by atoms with E-state index in [1.807, 2.05) is 11.8 Å². The van der Waals surface area contributed by atoms with Crippen LogP contribution in [0.4, 0.5) is 5.69 Å². The van der Waals surface area contributed by atoms with Crippen LogP contribution in [0, 0.1) is 5.41 Å². The largest absolute Gasteiger partial charge is 0.306 e. The molecule has 1 aromatic rings. The van der Waals surface area contributed by atoms with Crippen molar-refractivity contribution < 1.29 is 0 Å². The van der Waals surface area contributed by atoms with Crippen LogP contribution in [0.5, 0.6) is 0 Å². The van der Waals surface area contributed by atoms with E-state index in [0.717, 1.165) is 28.1 Å². The van der Waals surface area contributed by atoms with Crippen molar-refractivity contribution >= 4 is 50.9 Å². The minimum absolute atomic E-state index is 0.438. The van der Waals surface area contributed by atoms with Crippen LogP contribution >= 0.6 is 35.7 Å². The van der Waals surface area contributed by atoms with Crippen molar-refractivity contribution in [3.8, 4) is 0 Å². The van der Waals surface area contributed by atoms with Gasteiger partial charge in [0.1, 0.15) is 4.32 Å². The van der Waals surface area contributed by atoms with Crippen LogP contribution in [0.3, 0.4) is 0 Å². The number of nitrogens with zero attached hydrogens (tertiary/aromatic N) is 2. The van der Waals surface area contributed by atoms with Crippen molar-refractivity contribution in [2.45, 2.75) is 45.4 Å². The number of thiocarbonyl (C=S) groups is 1. The van der Waals surface area contributed by atoms with Gasteiger partial charge in [0.2, 0.25) is 0 Å². The Morgan fingerprint density at radius 1 is 1.25 bits per heavy atom. The monoisotopic (exact) mass is 378 g/mol. The van der Waals surface area contributed by atoms with Crippen LogP contribution in [0.25, 0.3) is 0 Å². The van der Waals surface area contributed by atoms with Crippen LogP contribution in [-0.4, -0.2) is 32.9 Å². The van der Waals surface area contributed by atoms with Crippen molar-refractivity contribution in [1.29, 1.82) is 0 Å². The first-order valence-electron chi connectivity index (χ1n) is 8.82. The first-order chi connectivity index (χ1) is 11.7. The van der Waals surface area contributed by atoms with Gasteiger partial charge < -0.3 is 4.90 Å². The van der Waals surface area contributed by atoms with Crippen LogP contribution in [0.15, 0.2) is 29.3 Å². The van der Waals surface area contributed by atoms with Gasteiger partial charge in [0, 0.05) is 12.3 Å². The minimum atomic E-state index is 0.438. The molecule has 2 nitrogen and oxygen atoms in total. The average molecular weight is 379 g/mol. The summed E-state index contributed by atoms with van der Waals surface area (Å²) in [6, 6.07) is 8.59. The number of rotatable bonds is 2. The van der Waals surface area contributed by atoms with Crippen LogP contribution < -0.4 is 0 Å². The highest BCUT2D eigenvalue weighted by Gasteiger charge is 2.40. The van der Waals surface area contributed by atoms with E-state index in [0.29, 0.717) is 5.41 Å². The minimum Gasteiger partial charge on any atom is -0.306 e. The molecule has 24 heavy (non-hydrogen) atoms. The van der Waals surface area contributed by atoms with Gasteiger partial charge in [0.05, 0.1) is 5.69 Å². The van der Waals surface area contributed by atoms with Crippen molar-refractivity contribution in [2.75, 3.05) is 18.6 Å². The molecule has 130 valence electrons. The van der Waals surface area contributed by atoms with Crippen molar-refractivity contribution in [2.24, 2.45) is 10.4 Å². The summed E-state index contributed by atoms with van der Waals surface area (Å²) in [5.74, 6) is 1.19. The lowest BCUT2D eigenvalue weighted by Crippen LogP contribution is -2.48. The van der Waals surface area contributed by atoms with E-state index in [1.54, 1.807) is 11.8 Å². The first kappa shape index (κ1) is 18.3.